The minimum Gasteiger partial charge on any atom is -0.375 e. The van der Waals surface area contributed by atoms with Crippen LogP contribution in [-0.4, -0.2) is 63.0 Å². The van der Waals surface area contributed by atoms with Crippen LogP contribution in [0, 0.1) is 5.82 Å². The fourth-order valence-electron chi connectivity index (χ4n) is 3.60. The Morgan fingerprint density at radius 1 is 1.18 bits per heavy atom. The predicted molar refractivity (Wildman–Crippen MR) is 129 cm³/mol. The Bertz CT molecular complexity index is 1180. The molecule has 178 valence electrons. The molecule has 1 atom stereocenters. The third kappa shape index (κ3) is 5.55. The van der Waals surface area contributed by atoms with Crippen LogP contribution in [0.15, 0.2) is 54.7 Å². The summed E-state index contributed by atoms with van der Waals surface area (Å²) in [5.41, 5.74) is 1.03. The lowest BCUT2D eigenvalue weighted by atomic mass is 10.1. The van der Waals surface area contributed by atoms with Crippen LogP contribution in [0.3, 0.4) is 0 Å². The number of halogens is 1. The quantitative estimate of drug-likeness (QED) is 0.462. The second-order valence-electron chi connectivity index (χ2n) is 7.68. The van der Waals surface area contributed by atoms with Crippen molar-refractivity contribution in [3.05, 3.63) is 66.2 Å². The Labute approximate surface area is 197 Å². The van der Waals surface area contributed by atoms with Gasteiger partial charge in [0.05, 0.1) is 17.9 Å². The number of nitrogens with one attached hydrogen (secondary N) is 1. The van der Waals surface area contributed by atoms with Crippen LogP contribution in [0.1, 0.15) is 17.4 Å². The van der Waals surface area contributed by atoms with Gasteiger partial charge in [-0.15, -0.1) is 0 Å². The molecule has 2 amide bonds. The van der Waals surface area contributed by atoms with E-state index in [2.05, 4.69) is 10.3 Å². The first-order valence-corrected chi connectivity index (χ1v) is 10.8. The molecular weight excluding hydrogens is 439 g/mol. The van der Waals surface area contributed by atoms with Crippen molar-refractivity contribution in [2.24, 2.45) is 0 Å². The number of fused-ring (bicyclic) bond motifs is 1. The van der Waals surface area contributed by atoms with E-state index in [4.69, 9.17) is 4.74 Å². The Balaban J connectivity index is 1.93. The lowest BCUT2D eigenvalue weighted by Crippen LogP contribution is -2.48. The van der Waals surface area contributed by atoms with E-state index in [0.717, 1.165) is 5.39 Å². The van der Waals surface area contributed by atoms with Crippen LogP contribution < -0.4 is 15.1 Å². The summed E-state index contributed by atoms with van der Waals surface area (Å²) in [7, 11) is 3.17. The lowest BCUT2D eigenvalue weighted by molar-refractivity contribution is -0.122. The van der Waals surface area contributed by atoms with Gasteiger partial charge in [0.25, 0.3) is 11.8 Å². The first-order chi connectivity index (χ1) is 16.4. The SMILES string of the molecule is CCN(C)c1ccc(F)cc1N(CC(C=O)NC(=O)c1nccc2ccccc12)C(=O)COC. The number of pyridine rings is 1. The van der Waals surface area contributed by atoms with Crippen LogP contribution in [0.5, 0.6) is 0 Å². The summed E-state index contributed by atoms with van der Waals surface area (Å²) in [5.74, 6) is -1.58. The van der Waals surface area contributed by atoms with Gasteiger partial charge >= 0.3 is 0 Å². The molecule has 1 heterocycles. The standard InChI is InChI=1S/C25H27FN4O4/c1-4-29(2)21-10-9-18(26)13-22(21)30(23(32)16-34-3)14-19(15-31)28-25(33)24-20-8-6-5-7-17(20)11-12-27-24/h5-13,15,19H,4,14,16H2,1-3H3,(H,28,33). The molecule has 1 aromatic heterocycles. The minimum atomic E-state index is -1.07. The van der Waals surface area contributed by atoms with Gasteiger partial charge in [0, 0.05) is 32.3 Å². The van der Waals surface area contributed by atoms with Gasteiger partial charge in [-0.25, -0.2) is 4.39 Å². The maximum absolute atomic E-state index is 14.2. The van der Waals surface area contributed by atoms with Crippen LogP contribution >= 0.6 is 0 Å². The Morgan fingerprint density at radius 2 is 1.94 bits per heavy atom. The largest absolute Gasteiger partial charge is 0.375 e. The van der Waals surface area contributed by atoms with Gasteiger partial charge in [0.15, 0.2) is 0 Å². The second-order valence-corrected chi connectivity index (χ2v) is 7.68. The molecule has 2 aromatic carbocycles. The molecule has 3 rings (SSSR count). The summed E-state index contributed by atoms with van der Waals surface area (Å²) in [4.78, 5) is 45.1. The van der Waals surface area contributed by atoms with Crippen molar-refractivity contribution in [1.29, 1.82) is 0 Å². The zero-order valence-corrected chi connectivity index (χ0v) is 19.3. The molecule has 0 saturated carbocycles. The summed E-state index contributed by atoms with van der Waals surface area (Å²) in [5, 5.41) is 4.10. The third-order valence-electron chi connectivity index (χ3n) is 5.43. The van der Waals surface area contributed by atoms with Crippen molar-refractivity contribution in [3.8, 4) is 0 Å². The average Bonchev–Trinajstić information content (AvgIpc) is 2.85. The molecule has 0 spiro atoms. The van der Waals surface area contributed by atoms with Crippen molar-refractivity contribution < 1.29 is 23.5 Å². The molecule has 0 aliphatic rings. The fourth-order valence-corrected chi connectivity index (χ4v) is 3.60. The molecule has 1 N–H and O–H groups in total. The summed E-state index contributed by atoms with van der Waals surface area (Å²) < 4.78 is 19.2. The fraction of sp³-hybridized carbons (Fsp3) is 0.280. The number of aromatic nitrogens is 1. The first kappa shape index (κ1) is 24.8. The van der Waals surface area contributed by atoms with E-state index in [0.29, 0.717) is 23.9 Å². The maximum Gasteiger partial charge on any atom is 0.271 e. The minimum absolute atomic E-state index is 0.164. The summed E-state index contributed by atoms with van der Waals surface area (Å²) >= 11 is 0. The first-order valence-electron chi connectivity index (χ1n) is 10.8. The van der Waals surface area contributed by atoms with Crippen LogP contribution in [-0.2, 0) is 14.3 Å². The highest BCUT2D eigenvalue weighted by Crippen LogP contribution is 2.30. The normalized spacial score (nSPS) is 11.6. The number of nitrogens with zero attached hydrogens (tertiary/aromatic N) is 3. The number of aldehydes is 1. The highest BCUT2D eigenvalue weighted by molar-refractivity contribution is 6.06. The van der Waals surface area contributed by atoms with Gasteiger partial charge in [0.2, 0.25) is 0 Å². The number of amides is 2. The molecular formula is C25H27FN4O4. The molecule has 9 heteroatoms. The third-order valence-corrected chi connectivity index (χ3v) is 5.43. The number of hydrogen-bond acceptors (Lipinski definition) is 6. The number of hydrogen-bond donors (Lipinski definition) is 1. The van der Waals surface area contributed by atoms with Gasteiger partial charge < -0.3 is 24.6 Å². The molecule has 0 radical (unpaired) electrons. The number of methoxy groups -OCH3 is 1. The molecule has 0 bridgehead atoms. The summed E-state index contributed by atoms with van der Waals surface area (Å²) in [6.45, 7) is 2.03. The van der Waals surface area contributed by atoms with Gasteiger partial charge in [0.1, 0.15) is 30.4 Å². The number of rotatable bonds is 10. The Kier molecular flexibility index (Phi) is 8.26. The molecule has 3 aromatic rings. The second kappa shape index (κ2) is 11.3. The zero-order valence-electron chi connectivity index (χ0n) is 19.3. The van der Waals surface area contributed by atoms with E-state index in [9.17, 15) is 18.8 Å². The van der Waals surface area contributed by atoms with Gasteiger partial charge in [-0.05, 0) is 36.6 Å². The van der Waals surface area contributed by atoms with Gasteiger partial charge in [-0.1, -0.05) is 24.3 Å². The van der Waals surface area contributed by atoms with Gasteiger partial charge in [-0.2, -0.15) is 0 Å². The smallest absolute Gasteiger partial charge is 0.271 e. The Morgan fingerprint density at radius 3 is 2.65 bits per heavy atom. The van der Waals surface area contributed by atoms with E-state index in [1.165, 1.54) is 30.3 Å². The molecule has 8 nitrogen and oxygen atoms in total. The number of anilines is 2. The number of benzene rings is 2. The highest BCUT2D eigenvalue weighted by atomic mass is 19.1. The monoisotopic (exact) mass is 466 g/mol. The van der Waals surface area contributed by atoms with E-state index in [1.807, 2.05) is 24.0 Å². The van der Waals surface area contributed by atoms with Crippen molar-refractivity contribution in [1.82, 2.24) is 10.3 Å². The Hall–Kier alpha value is -3.85. The van der Waals surface area contributed by atoms with E-state index in [1.54, 1.807) is 31.3 Å². The van der Waals surface area contributed by atoms with Crippen molar-refractivity contribution in [3.63, 3.8) is 0 Å². The highest BCUT2D eigenvalue weighted by Gasteiger charge is 2.26. The number of carbonyl (C=O) groups excluding carboxylic acids is 3. The molecule has 1 unspecified atom stereocenters. The lowest BCUT2D eigenvalue weighted by Gasteiger charge is -2.30. The van der Waals surface area contributed by atoms with E-state index < -0.39 is 23.7 Å². The van der Waals surface area contributed by atoms with Crippen LogP contribution in [0.2, 0.25) is 0 Å². The van der Waals surface area contributed by atoms with Gasteiger partial charge in [-0.3, -0.25) is 14.6 Å². The summed E-state index contributed by atoms with van der Waals surface area (Å²) in [6, 6.07) is 12.1. The molecule has 0 saturated heterocycles. The van der Waals surface area contributed by atoms with Crippen molar-refractivity contribution in [2.75, 3.05) is 43.7 Å². The summed E-state index contributed by atoms with van der Waals surface area (Å²) in [6.07, 6.45) is 2.06. The molecule has 34 heavy (non-hydrogen) atoms. The molecule has 0 aliphatic carbocycles. The number of carbonyl (C=O) groups is 3. The predicted octanol–water partition coefficient (Wildman–Crippen LogP) is 2.81. The van der Waals surface area contributed by atoms with Crippen LogP contribution in [0.25, 0.3) is 10.8 Å². The maximum atomic E-state index is 14.2. The number of ether oxygens (including phenoxy) is 1. The van der Waals surface area contributed by atoms with Crippen molar-refractivity contribution in [2.45, 2.75) is 13.0 Å². The van der Waals surface area contributed by atoms with Crippen LogP contribution in [0.4, 0.5) is 15.8 Å². The molecule has 0 fully saturated rings. The van der Waals surface area contributed by atoms with E-state index >= 15 is 0 Å². The zero-order chi connectivity index (χ0) is 24.7. The van der Waals surface area contributed by atoms with E-state index in [-0.39, 0.29) is 24.5 Å². The molecule has 0 aliphatic heterocycles. The topological polar surface area (TPSA) is 91.8 Å². The average molecular weight is 467 g/mol. The van der Waals surface area contributed by atoms with Crippen molar-refractivity contribution >= 4 is 40.2 Å².